The Morgan fingerprint density at radius 1 is 1.31 bits per heavy atom. The molecule has 184 valence electrons. The van der Waals surface area contributed by atoms with Crippen LogP contribution in [0.15, 0.2) is 23.3 Å². The summed E-state index contributed by atoms with van der Waals surface area (Å²) in [5.41, 5.74) is 2.53. The molecule has 0 radical (unpaired) electrons. The molecule has 4 atom stereocenters. The number of rotatable bonds is 8. The van der Waals surface area contributed by atoms with Gasteiger partial charge >= 0.3 is 5.97 Å². The Morgan fingerprint density at radius 2 is 1.97 bits per heavy atom. The molecule has 2 rings (SSSR count). The van der Waals surface area contributed by atoms with E-state index < -0.39 is 5.60 Å². The van der Waals surface area contributed by atoms with Gasteiger partial charge in [-0.25, -0.2) is 0 Å². The van der Waals surface area contributed by atoms with Crippen LogP contribution in [-0.4, -0.2) is 41.4 Å². The fourth-order valence-electron chi connectivity index (χ4n) is 5.70. The maximum Gasteiger partial charge on any atom is 0.323 e. The Balaban J connectivity index is 2.10. The fraction of sp³-hybridized carbons (Fsp3) is 0.821. The largest absolute Gasteiger partial charge is 0.458 e. The van der Waals surface area contributed by atoms with Gasteiger partial charge in [-0.05, 0) is 85.5 Å². The predicted octanol–water partition coefficient (Wildman–Crippen LogP) is 7.04. The average Bonchev–Trinajstić information content (AvgIpc) is 3.01. The third-order valence-electron chi connectivity index (χ3n) is 6.70. The van der Waals surface area contributed by atoms with E-state index in [0.717, 1.165) is 45.1 Å². The molecule has 4 heteroatoms. The molecule has 0 aromatic heterocycles. The van der Waals surface area contributed by atoms with Gasteiger partial charge in [0.05, 0.1) is 6.10 Å². The lowest BCUT2D eigenvalue weighted by atomic mass is 9.72. The highest BCUT2D eigenvalue weighted by Crippen LogP contribution is 2.45. The third kappa shape index (κ3) is 7.73. The van der Waals surface area contributed by atoms with Crippen molar-refractivity contribution in [3.05, 3.63) is 23.3 Å². The summed E-state index contributed by atoms with van der Waals surface area (Å²) < 4.78 is 12.5. The Hall–Kier alpha value is -1.13. The van der Waals surface area contributed by atoms with Gasteiger partial charge in [0.1, 0.15) is 17.9 Å². The van der Waals surface area contributed by atoms with Crippen LogP contribution in [-0.2, 0) is 14.3 Å². The first-order valence-electron chi connectivity index (χ1n) is 12.6. The Morgan fingerprint density at radius 3 is 2.56 bits per heavy atom. The number of hydrogen-bond acceptors (Lipinski definition) is 4. The highest BCUT2D eigenvalue weighted by Gasteiger charge is 2.48. The minimum Gasteiger partial charge on any atom is -0.458 e. The third-order valence-corrected chi connectivity index (χ3v) is 6.70. The summed E-state index contributed by atoms with van der Waals surface area (Å²) in [6.45, 7) is 22.1. The molecule has 1 fully saturated rings. The van der Waals surface area contributed by atoms with Gasteiger partial charge in [0.25, 0.3) is 0 Å². The standard InChI is InChI=1S/C28H49NO3/c1-20(2)13-11-14-23-15-12-16-28(10,17-23)25-29(18-21(3)31-25)22(4)24(30)32-27(8,9)19-26(5,6)7/h13,15,21-22,25H,11-12,14,16-19H2,1-10H3. The molecule has 0 aromatic rings. The molecule has 2 aliphatic rings. The van der Waals surface area contributed by atoms with Crippen molar-refractivity contribution < 1.29 is 14.3 Å². The lowest BCUT2D eigenvalue weighted by Gasteiger charge is -2.43. The van der Waals surface area contributed by atoms with Crippen molar-refractivity contribution in [2.75, 3.05) is 6.54 Å². The molecule has 1 heterocycles. The minimum atomic E-state index is -0.485. The lowest BCUT2D eigenvalue weighted by Crippen LogP contribution is -2.52. The number of allylic oxidation sites excluding steroid dienone is 4. The van der Waals surface area contributed by atoms with Crippen molar-refractivity contribution in [1.82, 2.24) is 4.90 Å². The van der Waals surface area contributed by atoms with E-state index in [1.54, 1.807) is 0 Å². The van der Waals surface area contributed by atoms with Crippen LogP contribution < -0.4 is 0 Å². The van der Waals surface area contributed by atoms with Crippen LogP contribution in [0.3, 0.4) is 0 Å². The van der Waals surface area contributed by atoms with Gasteiger partial charge in [0.2, 0.25) is 0 Å². The molecular weight excluding hydrogens is 398 g/mol. The molecule has 0 N–H and O–H groups in total. The summed E-state index contributed by atoms with van der Waals surface area (Å²) in [7, 11) is 0. The highest BCUT2D eigenvalue weighted by molar-refractivity contribution is 5.75. The van der Waals surface area contributed by atoms with Crippen LogP contribution >= 0.6 is 0 Å². The number of carbonyl (C=O) groups excluding carboxylic acids is 1. The number of nitrogens with zero attached hydrogens (tertiary/aromatic N) is 1. The fourth-order valence-corrected chi connectivity index (χ4v) is 5.70. The van der Waals surface area contributed by atoms with E-state index in [-0.39, 0.29) is 35.2 Å². The first-order chi connectivity index (χ1) is 14.6. The van der Waals surface area contributed by atoms with Crippen molar-refractivity contribution in [2.45, 2.75) is 132 Å². The SMILES string of the molecule is CC(C)=CCCC1=CCCC(C)(C2OC(C)CN2C(C)C(=O)OC(C)(C)CC(C)(C)C)C1. The van der Waals surface area contributed by atoms with Crippen LogP contribution in [0.4, 0.5) is 0 Å². The normalized spacial score (nSPS) is 28.2. The zero-order chi connectivity index (χ0) is 24.3. The molecule has 1 aliphatic carbocycles. The number of hydrogen-bond donors (Lipinski definition) is 0. The van der Waals surface area contributed by atoms with E-state index in [9.17, 15) is 4.79 Å². The average molecular weight is 448 g/mol. The molecule has 0 amide bonds. The predicted molar refractivity (Wildman–Crippen MR) is 133 cm³/mol. The van der Waals surface area contributed by atoms with Gasteiger partial charge in [0.15, 0.2) is 0 Å². The van der Waals surface area contributed by atoms with Crippen molar-refractivity contribution in [1.29, 1.82) is 0 Å². The van der Waals surface area contributed by atoms with Gasteiger partial charge in [-0.2, -0.15) is 0 Å². The van der Waals surface area contributed by atoms with Crippen LogP contribution in [0.2, 0.25) is 0 Å². The van der Waals surface area contributed by atoms with Gasteiger partial charge in [-0.3, -0.25) is 9.69 Å². The maximum absolute atomic E-state index is 13.2. The molecule has 4 nitrogen and oxygen atoms in total. The van der Waals surface area contributed by atoms with Crippen molar-refractivity contribution in [3.8, 4) is 0 Å². The Labute approximate surface area is 197 Å². The first-order valence-corrected chi connectivity index (χ1v) is 12.6. The quantitative estimate of drug-likeness (QED) is 0.295. The van der Waals surface area contributed by atoms with E-state index >= 15 is 0 Å². The second-order valence-corrected chi connectivity index (χ2v) is 12.6. The van der Waals surface area contributed by atoms with E-state index in [1.807, 2.05) is 20.8 Å². The monoisotopic (exact) mass is 447 g/mol. The molecule has 0 spiro atoms. The van der Waals surface area contributed by atoms with Crippen LogP contribution in [0.1, 0.15) is 108 Å². The molecular formula is C28H49NO3. The van der Waals surface area contributed by atoms with E-state index in [1.165, 1.54) is 11.1 Å². The zero-order valence-electron chi connectivity index (χ0n) is 22.5. The summed E-state index contributed by atoms with van der Waals surface area (Å²) in [4.78, 5) is 15.5. The lowest BCUT2D eigenvalue weighted by molar-refractivity contribution is -0.170. The summed E-state index contributed by atoms with van der Waals surface area (Å²) in [6.07, 6.45) is 11.1. The number of esters is 1. The van der Waals surface area contributed by atoms with Gasteiger partial charge in [-0.1, -0.05) is 51.0 Å². The van der Waals surface area contributed by atoms with Crippen molar-refractivity contribution >= 4 is 5.97 Å². The van der Waals surface area contributed by atoms with Gasteiger partial charge in [-0.15, -0.1) is 0 Å². The van der Waals surface area contributed by atoms with Crippen LogP contribution in [0.25, 0.3) is 0 Å². The highest BCUT2D eigenvalue weighted by atomic mass is 16.6. The molecule has 1 saturated heterocycles. The van der Waals surface area contributed by atoms with Crippen LogP contribution in [0, 0.1) is 10.8 Å². The maximum atomic E-state index is 13.2. The Kier molecular flexibility index (Phi) is 8.83. The van der Waals surface area contributed by atoms with E-state index in [0.29, 0.717) is 0 Å². The van der Waals surface area contributed by atoms with Crippen LogP contribution in [0.5, 0.6) is 0 Å². The molecule has 32 heavy (non-hydrogen) atoms. The summed E-state index contributed by atoms with van der Waals surface area (Å²) >= 11 is 0. The summed E-state index contributed by atoms with van der Waals surface area (Å²) in [5.74, 6) is -0.138. The molecule has 1 aliphatic heterocycles. The first kappa shape index (κ1) is 27.1. The second kappa shape index (κ2) is 10.4. The molecule has 0 aromatic carbocycles. The number of ether oxygens (including phenoxy) is 2. The Bertz CT molecular complexity index is 711. The minimum absolute atomic E-state index is 0.00921. The number of carbonyl (C=O) groups is 1. The molecule has 4 unspecified atom stereocenters. The summed E-state index contributed by atoms with van der Waals surface area (Å²) in [6, 6.07) is -0.318. The van der Waals surface area contributed by atoms with Gasteiger partial charge < -0.3 is 9.47 Å². The van der Waals surface area contributed by atoms with E-state index in [2.05, 4.69) is 65.5 Å². The zero-order valence-corrected chi connectivity index (χ0v) is 22.5. The summed E-state index contributed by atoms with van der Waals surface area (Å²) in [5, 5.41) is 0. The molecule has 0 saturated carbocycles. The van der Waals surface area contributed by atoms with Crippen molar-refractivity contribution in [2.24, 2.45) is 10.8 Å². The topological polar surface area (TPSA) is 38.8 Å². The molecule has 0 bridgehead atoms. The van der Waals surface area contributed by atoms with Gasteiger partial charge in [0, 0.05) is 12.0 Å². The van der Waals surface area contributed by atoms with E-state index in [4.69, 9.17) is 9.47 Å². The second-order valence-electron chi connectivity index (χ2n) is 12.6. The smallest absolute Gasteiger partial charge is 0.323 e. The van der Waals surface area contributed by atoms with Crippen molar-refractivity contribution in [3.63, 3.8) is 0 Å².